The number of carbonyl (C=O) groups excluding carboxylic acids is 1. The van der Waals surface area contributed by atoms with Crippen LogP contribution in [0.25, 0.3) is 0 Å². The van der Waals surface area contributed by atoms with Gasteiger partial charge in [0.05, 0.1) is 10.0 Å². The highest BCUT2D eigenvalue weighted by atomic mass is 35.5. The Labute approximate surface area is 160 Å². The summed E-state index contributed by atoms with van der Waals surface area (Å²) in [6.45, 7) is 2.08. The molecule has 0 atom stereocenters. The van der Waals surface area contributed by atoms with Crippen molar-refractivity contribution in [3.05, 3.63) is 80.3 Å². The summed E-state index contributed by atoms with van der Waals surface area (Å²) in [6.07, 6.45) is 3.32. The molecule has 25 heavy (non-hydrogen) atoms. The molecule has 0 aliphatic rings. The molecule has 1 aromatic heterocycles. The van der Waals surface area contributed by atoms with E-state index in [1.54, 1.807) is 12.3 Å². The minimum Gasteiger partial charge on any atom is -0.298 e. The van der Waals surface area contributed by atoms with Crippen LogP contribution in [-0.4, -0.2) is 10.9 Å². The third-order valence-electron chi connectivity index (χ3n) is 3.79. The lowest BCUT2D eigenvalue weighted by Crippen LogP contribution is -2.11. The summed E-state index contributed by atoms with van der Waals surface area (Å²) in [5.74, 6) is -0.163. The van der Waals surface area contributed by atoms with E-state index in [4.69, 9.17) is 23.2 Å². The smallest absolute Gasteiger partial charge is 0.257 e. The van der Waals surface area contributed by atoms with E-state index in [2.05, 4.69) is 17.2 Å². The molecule has 1 N–H and O–H groups in total. The van der Waals surface area contributed by atoms with Crippen LogP contribution in [0.2, 0.25) is 10.0 Å². The molecule has 0 aliphatic heterocycles. The Morgan fingerprint density at radius 1 is 1.16 bits per heavy atom. The molecule has 0 unspecified atom stereocenters. The third kappa shape index (κ3) is 4.40. The van der Waals surface area contributed by atoms with Crippen molar-refractivity contribution >= 4 is 45.6 Å². The first-order chi connectivity index (χ1) is 12.1. The topological polar surface area (TPSA) is 42.0 Å². The molecule has 0 aliphatic carbocycles. The van der Waals surface area contributed by atoms with Crippen LogP contribution in [0.5, 0.6) is 0 Å². The van der Waals surface area contributed by atoms with Crippen LogP contribution >= 0.6 is 34.5 Å². The largest absolute Gasteiger partial charge is 0.298 e. The highest BCUT2D eigenvalue weighted by Gasteiger charge is 2.11. The Morgan fingerprint density at radius 3 is 2.64 bits per heavy atom. The number of carbonyl (C=O) groups is 1. The Balaban J connectivity index is 1.68. The van der Waals surface area contributed by atoms with Gasteiger partial charge in [0, 0.05) is 23.1 Å². The maximum atomic E-state index is 12.3. The molecule has 0 fully saturated rings. The second kappa shape index (κ2) is 8.00. The van der Waals surface area contributed by atoms with Gasteiger partial charge in [-0.25, -0.2) is 4.98 Å². The van der Waals surface area contributed by atoms with Gasteiger partial charge in [0.15, 0.2) is 5.13 Å². The zero-order chi connectivity index (χ0) is 17.8. The predicted molar refractivity (Wildman–Crippen MR) is 105 cm³/mol. The average Bonchev–Trinajstić information content (AvgIpc) is 3.06. The van der Waals surface area contributed by atoms with E-state index in [1.165, 1.54) is 16.9 Å². The summed E-state index contributed by atoms with van der Waals surface area (Å²) < 4.78 is 0. The SMILES string of the molecule is CCc1ccc(C(=O)Nc2ncc(Cc3cccc(Cl)c3Cl)s2)cc1. The van der Waals surface area contributed by atoms with Crippen LogP contribution in [0, 0.1) is 0 Å². The predicted octanol–water partition coefficient (Wildman–Crippen LogP) is 5.86. The van der Waals surface area contributed by atoms with E-state index in [0.29, 0.717) is 27.2 Å². The summed E-state index contributed by atoms with van der Waals surface area (Å²) in [5, 5.41) is 4.49. The molecule has 0 bridgehead atoms. The van der Waals surface area contributed by atoms with Gasteiger partial charge in [-0.05, 0) is 35.7 Å². The number of aromatic nitrogens is 1. The first kappa shape index (κ1) is 17.9. The van der Waals surface area contributed by atoms with Crippen LogP contribution in [0.15, 0.2) is 48.7 Å². The number of anilines is 1. The molecule has 3 aromatic rings. The van der Waals surface area contributed by atoms with Crippen molar-refractivity contribution in [2.24, 2.45) is 0 Å². The maximum Gasteiger partial charge on any atom is 0.257 e. The number of hydrogen-bond donors (Lipinski definition) is 1. The highest BCUT2D eigenvalue weighted by molar-refractivity contribution is 7.15. The molecule has 1 heterocycles. The highest BCUT2D eigenvalue weighted by Crippen LogP contribution is 2.29. The fourth-order valence-electron chi connectivity index (χ4n) is 2.38. The molecule has 0 saturated carbocycles. The molecule has 0 radical (unpaired) electrons. The Morgan fingerprint density at radius 2 is 1.92 bits per heavy atom. The lowest BCUT2D eigenvalue weighted by atomic mass is 10.1. The monoisotopic (exact) mass is 390 g/mol. The molecule has 2 aromatic carbocycles. The lowest BCUT2D eigenvalue weighted by molar-refractivity contribution is 0.102. The lowest BCUT2D eigenvalue weighted by Gasteiger charge is -2.04. The van der Waals surface area contributed by atoms with Gasteiger partial charge in [0.2, 0.25) is 0 Å². The summed E-state index contributed by atoms with van der Waals surface area (Å²) in [6, 6.07) is 13.1. The Kier molecular flexibility index (Phi) is 5.74. The summed E-state index contributed by atoms with van der Waals surface area (Å²) in [7, 11) is 0. The van der Waals surface area contributed by atoms with Crippen molar-refractivity contribution < 1.29 is 4.79 Å². The Hall–Kier alpha value is -1.88. The molecule has 0 spiro atoms. The first-order valence-electron chi connectivity index (χ1n) is 7.84. The van der Waals surface area contributed by atoms with Gasteiger partial charge >= 0.3 is 0 Å². The quantitative estimate of drug-likeness (QED) is 0.592. The number of benzene rings is 2. The normalized spacial score (nSPS) is 10.7. The molecule has 3 nitrogen and oxygen atoms in total. The van der Waals surface area contributed by atoms with Gasteiger partial charge in [-0.1, -0.05) is 54.4 Å². The van der Waals surface area contributed by atoms with Crippen LogP contribution in [0.3, 0.4) is 0 Å². The van der Waals surface area contributed by atoms with Gasteiger partial charge in [-0.2, -0.15) is 0 Å². The van der Waals surface area contributed by atoms with E-state index in [-0.39, 0.29) is 5.91 Å². The second-order valence-corrected chi connectivity index (χ2v) is 7.43. The van der Waals surface area contributed by atoms with Gasteiger partial charge in [-0.15, -0.1) is 11.3 Å². The molecular formula is C19H16Cl2N2OS. The van der Waals surface area contributed by atoms with E-state index in [9.17, 15) is 4.79 Å². The van der Waals surface area contributed by atoms with E-state index in [0.717, 1.165) is 16.9 Å². The molecule has 3 rings (SSSR count). The zero-order valence-corrected chi connectivity index (χ0v) is 15.9. The van der Waals surface area contributed by atoms with E-state index in [1.807, 2.05) is 36.4 Å². The van der Waals surface area contributed by atoms with E-state index >= 15 is 0 Å². The van der Waals surface area contributed by atoms with Crippen molar-refractivity contribution in [3.8, 4) is 0 Å². The molecule has 0 saturated heterocycles. The fourth-order valence-corrected chi connectivity index (χ4v) is 3.60. The standard InChI is InChI=1S/C19H16Cl2N2OS/c1-2-12-6-8-13(9-7-12)18(24)23-19-22-11-15(25-19)10-14-4-3-5-16(20)17(14)21/h3-9,11H,2,10H2,1H3,(H,22,23,24). The number of rotatable bonds is 5. The summed E-state index contributed by atoms with van der Waals surface area (Å²) in [5.41, 5.74) is 2.75. The van der Waals surface area contributed by atoms with Crippen molar-refractivity contribution in [3.63, 3.8) is 0 Å². The second-order valence-electron chi connectivity index (χ2n) is 5.53. The van der Waals surface area contributed by atoms with Crippen molar-refractivity contribution in [1.82, 2.24) is 4.98 Å². The number of halogens is 2. The number of hydrogen-bond acceptors (Lipinski definition) is 3. The molecule has 128 valence electrons. The summed E-state index contributed by atoms with van der Waals surface area (Å²) in [4.78, 5) is 17.6. The zero-order valence-electron chi connectivity index (χ0n) is 13.6. The maximum absolute atomic E-state index is 12.3. The van der Waals surface area contributed by atoms with Gasteiger partial charge in [0.1, 0.15) is 0 Å². The molecule has 1 amide bonds. The fraction of sp³-hybridized carbons (Fsp3) is 0.158. The first-order valence-corrected chi connectivity index (χ1v) is 9.42. The number of aryl methyl sites for hydroxylation is 1. The van der Waals surface area contributed by atoms with Gasteiger partial charge < -0.3 is 0 Å². The van der Waals surface area contributed by atoms with Crippen molar-refractivity contribution in [2.75, 3.05) is 5.32 Å². The molecular weight excluding hydrogens is 375 g/mol. The van der Waals surface area contributed by atoms with Crippen molar-refractivity contribution in [1.29, 1.82) is 0 Å². The number of nitrogens with zero attached hydrogens (tertiary/aromatic N) is 1. The van der Waals surface area contributed by atoms with Crippen LogP contribution in [0.4, 0.5) is 5.13 Å². The molecule has 6 heteroatoms. The van der Waals surface area contributed by atoms with Crippen LogP contribution in [0.1, 0.15) is 33.3 Å². The minimum atomic E-state index is -0.163. The number of amides is 1. The van der Waals surface area contributed by atoms with Gasteiger partial charge in [-0.3, -0.25) is 10.1 Å². The van der Waals surface area contributed by atoms with Crippen molar-refractivity contribution in [2.45, 2.75) is 19.8 Å². The Bertz CT molecular complexity index is 891. The minimum absolute atomic E-state index is 0.163. The average molecular weight is 391 g/mol. The third-order valence-corrected chi connectivity index (χ3v) is 5.57. The number of nitrogens with one attached hydrogen (secondary N) is 1. The number of thiazole rings is 1. The van der Waals surface area contributed by atoms with Gasteiger partial charge in [0.25, 0.3) is 5.91 Å². The van der Waals surface area contributed by atoms with Crippen LogP contribution in [-0.2, 0) is 12.8 Å². The summed E-state index contributed by atoms with van der Waals surface area (Å²) >= 11 is 13.7. The van der Waals surface area contributed by atoms with E-state index < -0.39 is 0 Å². The van der Waals surface area contributed by atoms with Crippen LogP contribution < -0.4 is 5.32 Å².